The summed E-state index contributed by atoms with van der Waals surface area (Å²) in [5.41, 5.74) is 0. The summed E-state index contributed by atoms with van der Waals surface area (Å²) in [6, 6.07) is -3.59. The van der Waals surface area contributed by atoms with Gasteiger partial charge in [-0.25, -0.2) is 0 Å². The highest BCUT2D eigenvalue weighted by atomic mass is 16.8. The number of aliphatic hydroxyl groups excluding tert-OH is 19. The van der Waals surface area contributed by atoms with Crippen molar-refractivity contribution in [3.05, 3.63) is 0 Å². The van der Waals surface area contributed by atoms with E-state index in [9.17, 15) is 107 Å². The van der Waals surface area contributed by atoms with Gasteiger partial charge in [-0.05, 0) is 13.8 Å². The van der Waals surface area contributed by atoms with E-state index in [4.69, 9.17) is 61.6 Å². The zero-order chi connectivity index (χ0) is 60.5. The van der Waals surface area contributed by atoms with Crippen LogP contribution >= 0.6 is 0 Å². The number of hydrogen-bond acceptors (Lipinski definition) is 34. The quantitative estimate of drug-likeness (QED) is 0.0571. The van der Waals surface area contributed by atoms with E-state index in [1.165, 1.54) is 13.8 Å². The fourth-order valence-corrected chi connectivity index (χ4v) is 10.6. The number of carbonyl (C=O) groups is 2. The lowest BCUT2D eigenvalue weighted by molar-refractivity contribution is -0.417. The molecule has 7 heterocycles. The van der Waals surface area contributed by atoms with Crippen molar-refractivity contribution < 1.29 is 168 Å². The predicted molar refractivity (Wildman–Crippen MR) is 252 cm³/mol. The summed E-state index contributed by atoms with van der Waals surface area (Å²) in [6.07, 6.45) is -65.5. The third-order valence-corrected chi connectivity index (χ3v) is 15.3. The van der Waals surface area contributed by atoms with E-state index < -0.39 is 260 Å². The van der Waals surface area contributed by atoms with Gasteiger partial charge in [0.15, 0.2) is 44.0 Å². The van der Waals surface area contributed by atoms with Crippen molar-refractivity contribution in [3.8, 4) is 0 Å². The molecule has 7 rings (SSSR count). The van der Waals surface area contributed by atoms with Gasteiger partial charge < -0.3 is 169 Å². The van der Waals surface area contributed by atoms with E-state index in [1.807, 2.05) is 0 Å². The number of amides is 2. The molecule has 36 nitrogen and oxygen atoms in total. The van der Waals surface area contributed by atoms with Crippen LogP contribution in [0.15, 0.2) is 0 Å². The molecule has 7 aliphatic rings. The van der Waals surface area contributed by atoms with Crippen molar-refractivity contribution in [1.29, 1.82) is 0 Å². The van der Waals surface area contributed by atoms with Crippen molar-refractivity contribution in [2.24, 2.45) is 0 Å². The normalized spacial score (nSPS) is 51.3. The van der Waals surface area contributed by atoms with Crippen LogP contribution in [0, 0.1) is 0 Å². The molecule has 0 aliphatic carbocycles. The minimum absolute atomic E-state index is 0.818. The number of nitrogens with one attached hydrogen (secondary N) is 2. The Morgan fingerprint density at radius 1 is 0.317 bits per heavy atom. The van der Waals surface area contributed by atoms with Crippen LogP contribution in [0.1, 0.15) is 27.7 Å². The van der Waals surface area contributed by atoms with Gasteiger partial charge >= 0.3 is 0 Å². The zero-order valence-corrected chi connectivity index (χ0v) is 44.4. The first-order valence-electron chi connectivity index (χ1n) is 26.3. The van der Waals surface area contributed by atoms with Crippen molar-refractivity contribution in [2.45, 2.75) is 243 Å². The van der Waals surface area contributed by atoms with Gasteiger partial charge in [0.2, 0.25) is 11.8 Å². The second-order valence-electron chi connectivity index (χ2n) is 21.0. The first-order valence-corrected chi connectivity index (χ1v) is 26.3. The molecule has 476 valence electrons. The number of carbonyl (C=O) groups excluding carboxylic acids is 2. The van der Waals surface area contributed by atoms with Crippen LogP contribution in [0.2, 0.25) is 0 Å². The van der Waals surface area contributed by atoms with Crippen LogP contribution in [-0.4, -0.2) is 357 Å². The first kappa shape index (κ1) is 67.2. The van der Waals surface area contributed by atoms with E-state index in [0.29, 0.717) is 0 Å². The lowest BCUT2D eigenvalue weighted by Gasteiger charge is -2.52. The van der Waals surface area contributed by atoms with Gasteiger partial charge in [0.25, 0.3) is 0 Å². The summed E-state index contributed by atoms with van der Waals surface area (Å²) in [5, 5.41) is 213. The summed E-state index contributed by atoms with van der Waals surface area (Å²) >= 11 is 0. The smallest absolute Gasteiger partial charge is 0.217 e. The topological polar surface area (TPSA) is 563 Å². The highest BCUT2D eigenvalue weighted by molar-refractivity contribution is 5.73. The summed E-state index contributed by atoms with van der Waals surface area (Å²) in [4.78, 5) is 25.4. The van der Waals surface area contributed by atoms with E-state index >= 15 is 0 Å². The molecule has 35 atom stereocenters. The summed E-state index contributed by atoms with van der Waals surface area (Å²) in [6.45, 7) is -0.766. The SMILES string of the molecule is CC(=O)N[C@H]1[C@@H](O[C@H]2[C@@H](O)[C@@H](CO)O[C@@H](O[C@H]3[C@@H](O)[C@@H](CO)O[C@@H](O[C@H]4[C@@H](O)[C@@H](CO)OC(O)[C@@H]4NC(C)=O)[C@@H]3O[C@@H]3O[C@@H](C)[C@@H](O)[C@@H](O)[C@@H]3O)[C@@H]2O[C@@H]2O[C@@H](C)[C@@H](O)[C@@H](O)[C@@H]2O)O[C@H](CO)[C@H](O)[C@@H]1O[C@H]1O[C@H](CO)[C@H](O)[C@H](O)[C@H]1O. The van der Waals surface area contributed by atoms with Gasteiger partial charge in [0.05, 0.1) is 45.2 Å². The molecule has 0 aromatic carbocycles. The van der Waals surface area contributed by atoms with E-state index in [-0.39, 0.29) is 0 Å². The first-order chi connectivity index (χ1) is 38.7. The molecule has 7 aliphatic heterocycles. The maximum absolute atomic E-state index is 13.0. The lowest BCUT2D eigenvalue weighted by Crippen LogP contribution is -2.71. The second-order valence-corrected chi connectivity index (χ2v) is 21.0. The van der Waals surface area contributed by atoms with Crippen LogP contribution in [0.25, 0.3) is 0 Å². The Bertz CT molecular complexity index is 2030. The summed E-state index contributed by atoms with van der Waals surface area (Å²) < 4.78 is 77.5. The minimum atomic E-state index is -2.34. The van der Waals surface area contributed by atoms with Gasteiger partial charge in [0.1, 0.15) is 159 Å². The van der Waals surface area contributed by atoms with Gasteiger partial charge in [-0.3, -0.25) is 9.59 Å². The predicted octanol–water partition coefficient (Wildman–Crippen LogP) is -13.9. The molecule has 7 fully saturated rings. The van der Waals surface area contributed by atoms with Gasteiger partial charge in [-0.2, -0.15) is 0 Å². The average molecular weight is 1200 g/mol. The molecule has 2 amide bonds. The summed E-state index contributed by atoms with van der Waals surface area (Å²) in [5.74, 6) is -1.73. The van der Waals surface area contributed by atoms with Crippen LogP contribution in [0.3, 0.4) is 0 Å². The molecule has 7 saturated heterocycles. The number of aliphatic hydroxyl groups is 19. The average Bonchev–Trinajstić information content (AvgIpc) is 2.39. The Labute approximate surface area is 465 Å². The van der Waals surface area contributed by atoms with Crippen molar-refractivity contribution in [1.82, 2.24) is 10.6 Å². The Balaban J connectivity index is 1.33. The van der Waals surface area contributed by atoms with Crippen molar-refractivity contribution >= 4 is 11.8 Å². The van der Waals surface area contributed by atoms with Gasteiger partial charge in [-0.15, -0.1) is 0 Å². The highest BCUT2D eigenvalue weighted by Gasteiger charge is 2.60. The molecule has 0 saturated carbocycles. The van der Waals surface area contributed by atoms with Crippen molar-refractivity contribution in [3.63, 3.8) is 0 Å². The second kappa shape index (κ2) is 28.7. The molecule has 0 bridgehead atoms. The maximum atomic E-state index is 13.0. The molecule has 82 heavy (non-hydrogen) atoms. The van der Waals surface area contributed by atoms with Crippen molar-refractivity contribution in [2.75, 3.05) is 33.0 Å². The number of ether oxygens (including phenoxy) is 13. The third-order valence-electron chi connectivity index (χ3n) is 15.3. The molecule has 21 N–H and O–H groups in total. The van der Waals surface area contributed by atoms with Crippen LogP contribution in [-0.2, 0) is 71.2 Å². The van der Waals surface area contributed by atoms with Gasteiger partial charge in [0, 0.05) is 13.8 Å². The fourth-order valence-electron chi connectivity index (χ4n) is 10.6. The zero-order valence-electron chi connectivity index (χ0n) is 44.4. The molecular formula is C46H78N2O34. The fraction of sp³-hybridized carbons (Fsp3) is 0.957. The molecule has 0 aromatic heterocycles. The Morgan fingerprint density at radius 3 is 1.01 bits per heavy atom. The van der Waals surface area contributed by atoms with E-state index in [1.54, 1.807) is 0 Å². The largest absolute Gasteiger partial charge is 0.394 e. The van der Waals surface area contributed by atoms with E-state index in [0.717, 1.165) is 13.8 Å². The molecule has 1 unspecified atom stereocenters. The molecule has 0 radical (unpaired) electrons. The highest BCUT2D eigenvalue weighted by Crippen LogP contribution is 2.40. The standard InChI is InChI=1S/C46H78N2O34/c1-10-21(56)28(63)31(66)42(70-10)81-38-36(79-41-20(48-13(4)55)35(25(60)16(7-51)73-41)77-44-33(68)30(65)23(58)14(5-49)74-44)26(61)17(8-52)76-46(38)80-37-27(62)18(9-53)75-45(39(37)82-43-32(67)29(64)22(57)11(2)71-43)78-34-19(47-12(3)54)40(69)72-15(6-50)24(34)59/h10-11,14-46,49-53,56-69H,5-9H2,1-4H3,(H,47,54)(H,48,55)/t10-,11-,14+,15+,16+,17+,18+,19+,20+,21+,22+,23-,24-,25-,26-,27-,28+,29+,30-,31-,32-,33+,34+,35+,36-,37-,38+,39+,40?,41+,42-,43-,44+,45-,46-/m0/s1. The monoisotopic (exact) mass is 1200 g/mol. The number of rotatable bonds is 19. The summed E-state index contributed by atoms with van der Waals surface area (Å²) in [7, 11) is 0. The van der Waals surface area contributed by atoms with Crippen LogP contribution in [0.4, 0.5) is 0 Å². The van der Waals surface area contributed by atoms with Gasteiger partial charge in [-0.1, -0.05) is 0 Å². The Morgan fingerprint density at radius 2 is 0.598 bits per heavy atom. The Hall–Kier alpha value is -2.34. The molecule has 0 spiro atoms. The minimum Gasteiger partial charge on any atom is -0.394 e. The van der Waals surface area contributed by atoms with Crippen LogP contribution < -0.4 is 10.6 Å². The molecule has 36 heteroatoms. The maximum Gasteiger partial charge on any atom is 0.217 e. The number of hydrogen-bond donors (Lipinski definition) is 21. The molecule has 0 aromatic rings. The lowest BCUT2D eigenvalue weighted by atomic mass is 9.93. The van der Waals surface area contributed by atoms with Crippen LogP contribution in [0.5, 0.6) is 0 Å². The molecular weight excluding hydrogens is 1120 g/mol. The van der Waals surface area contributed by atoms with E-state index in [2.05, 4.69) is 10.6 Å². The Kier molecular flexibility index (Phi) is 23.5. The third kappa shape index (κ3) is 14.1.